The Morgan fingerprint density at radius 1 is 1.24 bits per heavy atom. The molecular formula is C18H21ClN2O4. The molecule has 0 saturated carbocycles. The molecule has 0 bridgehead atoms. The monoisotopic (exact) mass is 364 g/mol. The van der Waals surface area contributed by atoms with Gasteiger partial charge in [-0.15, -0.1) is 0 Å². The molecule has 0 radical (unpaired) electrons. The molecule has 6 nitrogen and oxygen atoms in total. The van der Waals surface area contributed by atoms with Crippen molar-refractivity contribution >= 4 is 23.4 Å². The fourth-order valence-corrected chi connectivity index (χ4v) is 2.15. The first-order valence-electron chi connectivity index (χ1n) is 7.83. The van der Waals surface area contributed by atoms with E-state index in [-0.39, 0.29) is 12.5 Å². The second kappa shape index (κ2) is 8.07. The van der Waals surface area contributed by atoms with Gasteiger partial charge in [-0.1, -0.05) is 11.6 Å². The third-order valence-electron chi connectivity index (χ3n) is 3.49. The van der Waals surface area contributed by atoms with Gasteiger partial charge in [0, 0.05) is 5.02 Å². The maximum Gasteiger partial charge on any atom is 0.264 e. The van der Waals surface area contributed by atoms with Crippen LogP contribution in [-0.4, -0.2) is 23.5 Å². The topological polar surface area (TPSA) is 80.6 Å². The second-order valence-electron chi connectivity index (χ2n) is 6.06. The van der Waals surface area contributed by atoms with Crippen LogP contribution in [0.4, 0.5) is 0 Å². The van der Waals surface area contributed by atoms with Crippen molar-refractivity contribution in [3.05, 3.63) is 53.4 Å². The Morgan fingerprint density at radius 2 is 1.92 bits per heavy atom. The number of carbonyl (C=O) groups is 2. The highest BCUT2D eigenvalue weighted by atomic mass is 35.5. The Kier molecular flexibility index (Phi) is 6.09. The van der Waals surface area contributed by atoms with Crippen LogP contribution in [0.25, 0.3) is 0 Å². The van der Waals surface area contributed by atoms with Gasteiger partial charge in [0.05, 0.1) is 12.8 Å². The Balaban J connectivity index is 1.87. The first-order valence-corrected chi connectivity index (χ1v) is 8.21. The van der Waals surface area contributed by atoms with E-state index in [1.54, 1.807) is 57.2 Å². The highest BCUT2D eigenvalue weighted by molar-refractivity contribution is 6.30. The van der Waals surface area contributed by atoms with Gasteiger partial charge >= 0.3 is 0 Å². The summed E-state index contributed by atoms with van der Waals surface area (Å²) >= 11 is 5.83. The minimum absolute atomic E-state index is 0.261. The van der Waals surface area contributed by atoms with Gasteiger partial charge in [0.2, 0.25) is 5.91 Å². The van der Waals surface area contributed by atoms with Crippen molar-refractivity contribution in [3.8, 4) is 5.75 Å². The maximum absolute atomic E-state index is 12.4. The molecule has 0 aliphatic carbocycles. The molecule has 2 N–H and O–H groups in total. The minimum Gasteiger partial charge on any atom is -0.478 e. The Labute approximate surface area is 151 Å². The average Bonchev–Trinajstić information content (AvgIpc) is 3.08. The summed E-state index contributed by atoms with van der Waals surface area (Å²) in [5, 5.41) is 5.92. The zero-order valence-corrected chi connectivity index (χ0v) is 15.1. The fourth-order valence-electron chi connectivity index (χ4n) is 2.02. The molecule has 25 heavy (non-hydrogen) atoms. The van der Waals surface area contributed by atoms with Crippen molar-refractivity contribution in [2.75, 3.05) is 0 Å². The molecule has 134 valence electrons. The van der Waals surface area contributed by atoms with Gasteiger partial charge in [-0.25, -0.2) is 0 Å². The van der Waals surface area contributed by atoms with Crippen LogP contribution in [-0.2, 0) is 16.1 Å². The van der Waals surface area contributed by atoms with E-state index >= 15 is 0 Å². The van der Waals surface area contributed by atoms with E-state index in [4.69, 9.17) is 20.8 Å². The number of benzene rings is 1. The Morgan fingerprint density at radius 3 is 2.52 bits per heavy atom. The van der Waals surface area contributed by atoms with E-state index < -0.39 is 17.6 Å². The summed E-state index contributed by atoms with van der Waals surface area (Å²) < 4.78 is 10.8. The number of ether oxygens (including phenoxy) is 1. The lowest BCUT2D eigenvalue weighted by Gasteiger charge is -2.27. The lowest BCUT2D eigenvalue weighted by Crippen LogP contribution is -2.53. The summed E-state index contributed by atoms with van der Waals surface area (Å²) in [5.41, 5.74) is -1.15. The normalized spacial score (nSPS) is 12.3. The van der Waals surface area contributed by atoms with Crippen molar-refractivity contribution in [2.45, 2.75) is 39.0 Å². The predicted octanol–water partition coefficient (Wildman–Crippen LogP) is 2.91. The molecule has 1 aromatic heterocycles. The molecule has 2 aromatic rings. The summed E-state index contributed by atoms with van der Waals surface area (Å²) in [5.74, 6) is 0.438. The van der Waals surface area contributed by atoms with E-state index in [1.807, 2.05) is 0 Å². The summed E-state index contributed by atoms with van der Waals surface area (Å²) in [6, 6.07) is 9.49. The summed E-state index contributed by atoms with van der Waals surface area (Å²) in [6.07, 6.45) is 1.53. The van der Waals surface area contributed by atoms with Crippen molar-refractivity contribution in [3.63, 3.8) is 0 Å². The minimum atomic E-state index is -1.15. The van der Waals surface area contributed by atoms with Gasteiger partial charge in [-0.2, -0.15) is 0 Å². The molecular weight excluding hydrogens is 344 g/mol. The smallest absolute Gasteiger partial charge is 0.264 e. The van der Waals surface area contributed by atoms with E-state index in [2.05, 4.69) is 10.6 Å². The van der Waals surface area contributed by atoms with Gasteiger partial charge < -0.3 is 19.8 Å². The number of nitrogens with one attached hydrogen (secondary N) is 2. The molecule has 1 aromatic carbocycles. The number of hydrogen-bond acceptors (Lipinski definition) is 4. The molecule has 0 spiro atoms. The molecule has 0 fully saturated rings. The third-order valence-corrected chi connectivity index (χ3v) is 3.74. The molecule has 0 saturated heterocycles. The first kappa shape index (κ1) is 18.9. The summed E-state index contributed by atoms with van der Waals surface area (Å²) in [7, 11) is 0. The number of carbonyl (C=O) groups excluding carboxylic acids is 2. The standard InChI is InChI=1S/C18H21ClN2O4/c1-12(16(22)20-11-15-5-4-10-24-15)21-17(23)18(2,3)25-14-8-6-13(19)7-9-14/h4-10,12H,11H2,1-3H3,(H,20,22)(H,21,23). The summed E-state index contributed by atoms with van der Waals surface area (Å²) in [6.45, 7) is 5.12. The maximum atomic E-state index is 12.4. The van der Waals surface area contributed by atoms with Gasteiger partial charge in [-0.3, -0.25) is 9.59 Å². The van der Waals surface area contributed by atoms with Crippen LogP contribution in [0.1, 0.15) is 26.5 Å². The van der Waals surface area contributed by atoms with Crippen molar-refractivity contribution in [2.24, 2.45) is 0 Å². The van der Waals surface area contributed by atoms with Crippen LogP contribution in [0.3, 0.4) is 0 Å². The molecule has 2 amide bonds. The molecule has 1 atom stereocenters. The van der Waals surface area contributed by atoms with Gasteiger partial charge in [0.25, 0.3) is 5.91 Å². The van der Waals surface area contributed by atoms with Crippen LogP contribution in [0.15, 0.2) is 47.1 Å². The quantitative estimate of drug-likeness (QED) is 0.791. The number of rotatable bonds is 7. The van der Waals surface area contributed by atoms with E-state index in [9.17, 15) is 9.59 Å². The molecule has 0 aliphatic rings. The molecule has 7 heteroatoms. The van der Waals surface area contributed by atoms with Crippen LogP contribution in [0.2, 0.25) is 5.02 Å². The fraction of sp³-hybridized carbons (Fsp3) is 0.333. The van der Waals surface area contributed by atoms with Gasteiger partial charge in [0.15, 0.2) is 5.60 Å². The van der Waals surface area contributed by atoms with Gasteiger partial charge in [-0.05, 0) is 57.2 Å². The van der Waals surface area contributed by atoms with E-state index in [0.717, 1.165) is 0 Å². The zero-order valence-electron chi connectivity index (χ0n) is 14.3. The third kappa shape index (κ3) is 5.53. The number of amides is 2. The number of halogens is 1. The van der Waals surface area contributed by atoms with Crippen molar-refractivity contribution < 1.29 is 18.7 Å². The van der Waals surface area contributed by atoms with Crippen LogP contribution >= 0.6 is 11.6 Å². The largest absolute Gasteiger partial charge is 0.478 e. The second-order valence-corrected chi connectivity index (χ2v) is 6.50. The van der Waals surface area contributed by atoms with Crippen molar-refractivity contribution in [1.82, 2.24) is 10.6 Å². The Bertz CT molecular complexity index is 711. The lowest BCUT2D eigenvalue weighted by molar-refractivity contribution is -0.137. The van der Waals surface area contributed by atoms with Crippen LogP contribution < -0.4 is 15.4 Å². The van der Waals surface area contributed by atoms with Crippen LogP contribution in [0.5, 0.6) is 5.75 Å². The summed E-state index contributed by atoms with van der Waals surface area (Å²) in [4.78, 5) is 24.5. The highest BCUT2D eigenvalue weighted by Crippen LogP contribution is 2.21. The van der Waals surface area contributed by atoms with Gasteiger partial charge in [0.1, 0.15) is 17.6 Å². The SMILES string of the molecule is CC(NC(=O)C(C)(C)Oc1ccc(Cl)cc1)C(=O)NCc1ccco1. The highest BCUT2D eigenvalue weighted by Gasteiger charge is 2.32. The Hall–Kier alpha value is -2.47. The van der Waals surface area contributed by atoms with Crippen LogP contribution in [0, 0.1) is 0 Å². The molecule has 1 heterocycles. The van der Waals surface area contributed by atoms with E-state index in [0.29, 0.717) is 16.5 Å². The number of furan rings is 1. The van der Waals surface area contributed by atoms with Crippen molar-refractivity contribution in [1.29, 1.82) is 0 Å². The number of hydrogen-bond donors (Lipinski definition) is 2. The molecule has 1 unspecified atom stereocenters. The van der Waals surface area contributed by atoms with E-state index in [1.165, 1.54) is 6.26 Å². The lowest BCUT2D eigenvalue weighted by atomic mass is 10.1. The molecule has 0 aliphatic heterocycles. The predicted molar refractivity (Wildman–Crippen MR) is 94.3 cm³/mol. The zero-order chi connectivity index (χ0) is 18.4. The first-order chi connectivity index (χ1) is 11.8. The molecule has 2 rings (SSSR count). The average molecular weight is 365 g/mol.